The Morgan fingerprint density at radius 1 is 0.920 bits per heavy atom. The maximum absolute atomic E-state index is 12.0. The molecule has 2 rings (SSSR count). The topological polar surface area (TPSA) is 69.7 Å². The molecule has 0 radical (unpaired) electrons. The van der Waals surface area contributed by atoms with Gasteiger partial charge in [-0.05, 0) is 30.3 Å². The lowest BCUT2D eigenvalue weighted by Crippen LogP contribution is -2.15. The summed E-state index contributed by atoms with van der Waals surface area (Å²) in [5.74, 6) is -0.400. The maximum Gasteiger partial charge on any atom is 0.306 e. The lowest BCUT2D eigenvalue weighted by Gasteiger charge is -2.06. The van der Waals surface area contributed by atoms with Crippen molar-refractivity contribution in [3.8, 4) is 5.75 Å². The molecule has 0 aliphatic heterocycles. The number of Topliss-reactive ketones (excluding diaryl/α,β-unsaturated/α-hetero) is 2. The van der Waals surface area contributed by atoms with Crippen LogP contribution in [0.4, 0.5) is 0 Å². The van der Waals surface area contributed by atoms with Crippen molar-refractivity contribution in [2.24, 2.45) is 0 Å². The van der Waals surface area contributed by atoms with Gasteiger partial charge in [0.05, 0.1) is 13.5 Å². The fraction of sp³-hybridized carbons (Fsp3) is 0.211. The molecular weight excluding hydrogens is 388 g/mol. The predicted molar refractivity (Wildman–Crippen MR) is 96.0 cm³/mol. The number of halogens is 1. The molecule has 0 atom stereocenters. The van der Waals surface area contributed by atoms with E-state index in [0.29, 0.717) is 21.3 Å². The molecule has 0 unspecified atom stereocenters. The predicted octanol–water partition coefficient (Wildman–Crippen LogP) is 3.85. The van der Waals surface area contributed by atoms with E-state index in [0.717, 1.165) is 0 Å². The molecule has 2 aromatic rings. The van der Waals surface area contributed by atoms with E-state index in [4.69, 9.17) is 9.47 Å². The molecule has 2 aromatic carbocycles. The maximum atomic E-state index is 12.0. The van der Waals surface area contributed by atoms with Crippen LogP contribution in [0.25, 0.3) is 0 Å². The lowest BCUT2D eigenvalue weighted by atomic mass is 10.1. The van der Waals surface area contributed by atoms with Crippen molar-refractivity contribution in [1.82, 2.24) is 0 Å². The Bertz CT molecular complexity index is 768. The highest BCUT2D eigenvalue weighted by Gasteiger charge is 2.14. The Morgan fingerprint density at radius 3 is 2.24 bits per heavy atom. The van der Waals surface area contributed by atoms with Gasteiger partial charge in [0.2, 0.25) is 5.78 Å². The second-order valence-corrected chi connectivity index (χ2v) is 6.07. The highest BCUT2D eigenvalue weighted by molar-refractivity contribution is 9.10. The molecule has 6 heteroatoms. The average molecular weight is 405 g/mol. The zero-order chi connectivity index (χ0) is 18.2. The molecule has 0 aliphatic carbocycles. The van der Waals surface area contributed by atoms with Crippen molar-refractivity contribution in [3.05, 3.63) is 64.1 Å². The van der Waals surface area contributed by atoms with E-state index in [-0.39, 0.29) is 31.0 Å². The van der Waals surface area contributed by atoms with E-state index in [2.05, 4.69) is 15.9 Å². The molecule has 0 spiro atoms. The molecule has 0 aromatic heterocycles. The molecule has 0 fully saturated rings. The first-order valence-corrected chi connectivity index (χ1v) is 8.41. The minimum atomic E-state index is -0.581. The third kappa shape index (κ3) is 5.53. The summed E-state index contributed by atoms with van der Waals surface area (Å²) in [5, 5.41) is 0. The number of ketones is 2. The highest BCUT2D eigenvalue weighted by Crippen LogP contribution is 2.17. The largest absolute Gasteiger partial charge is 0.497 e. The first-order chi connectivity index (χ1) is 12.0. The van der Waals surface area contributed by atoms with Crippen molar-refractivity contribution in [2.75, 3.05) is 13.7 Å². The summed E-state index contributed by atoms with van der Waals surface area (Å²) in [4.78, 5) is 35.8. The van der Waals surface area contributed by atoms with Crippen LogP contribution in [0, 0.1) is 0 Å². The Kier molecular flexibility index (Phi) is 6.89. The van der Waals surface area contributed by atoms with Gasteiger partial charge in [-0.15, -0.1) is 0 Å². The van der Waals surface area contributed by atoms with Crippen LogP contribution < -0.4 is 4.74 Å². The third-order valence-corrected chi connectivity index (χ3v) is 4.20. The minimum absolute atomic E-state index is 0.0222. The summed E-state index contributed by atoms with van der Waals surface area (Å²) in [6.07, 6.45) is -0.0531. The molecule has 0 amide bonds. The second kappa shape index (κ2) is 9.13. The first kappa shape index (κ1) is 18.9. The third-order valence-electron chi connectivity index (χ3n) is 3.51. The van der Waals surface area contributed by atoms with Gasteiger partial charge in [-0.3, -0.25) is 14.4 Å². The summed E-state index contributed by atoms with van der Waals surface area (Å²) >= 11 is 3.27. The summed E-state index contributed by atoms with van der Waals surface area (Å²) in [6.45, 7) is -0.349. The molecule has 0 N–H and O–H groups in total. The van der Waals surface area contributed by atoms with Crippen LogP contribution in [-0.4, -0.2) is 31.3 Å². The van der Waals surface area contributed by atoms with Gasteiger partial charge in [-0.25, -0.2) is 0 Å². The standard InChI is InChI=1S/C19H17BrO5/c1-24-14-8-6-13(7-9-14)17(21)10-11-19(23)25-12-18(22)15-4-2-3-5-16(15)20/h2-9H,10-12H2,1H3. The van der Waals surface area contributed by atoms with Gasteiger partial charge in [0, 0.05) is 22.0 Å². The van der Waals surface area contributed by atoms with Crippen LogP contribution in [0.15, 0.2) is 53.0 Å². The summed E-state index contributed by atoms with van der Waals surface area (Å²) in [5.41, 5.74) is 0.947. The van der Waals surface area contributed by atoms with Crippen molar-refractivity contribution in [1.29, 1.82) is 0 Å². The average Bonchev–Trinajstić information content (AvgIpc) is 2.64. The van der Waals surface area contributed by atoms with Gasteiger partial charge in [0.1, 0.15) is 5.75 Å². The van der Waals surface area contributed by atoms with Gasteiger partial charge in [0.15, 0.2) is 12.4 Å². The number of carbonyl (C=O) groups is 3. The van der Waals surface area contributed by atoms with Crippen LogP contribution in [-0.2, 0) is 9.53 Å². The zero-order valence-electron chi connectivity index (χ0n) is 13.7. The number of esters is 1. The summed E-state index contributed by atoms with van der Waals surface area (Å²) in [7, 11) is 1.54. The van der Waals surface area contributed by atoms with Crippen LogP contribution in [0.2, 0.25) is 0 Å². The Balaban J connectivity index is 1.79. The molecule has 130 valence electrons. The normalized spacial score (nSPS) is 10.2. The number of ether oxygens (including phenoxy) is 2. The van der Waals surface area contributed by atoms with Gasteiger partial charge in [-0.1, -0.05) is 34.1 Å². The molecule has 25 heavy (non-hydrogen) atoms. The van der Waals surface area contributed by atoms with E-state index < -0.39 is 5.97 Å². The van der Waals surface area contributed by atoms with Crippen molar-refractivity contribution in [3.63, 3.8) is 0 Å². The highest BCUT2D eigenvalue weighted by atomic mass is 79.9. The second-order valence-electron chi connectivity index (χ2n) is 5.22. The number of hydrogen-bond acceptors (Lipinski definition) is 5. The first-order valence-electron chi connectivity index (χ1n) is 7.62. The van der Waals surface area contributed by atoms with Crippen molar-refractivity contribution < 1.29 is 23.9 Å². The van der Waals surface area contributed by atoms with E-state index in [1.807, 2.05) is 0 Å². The van der Waals surface area contributed by atoms with E-state index >= 15 is 0 Å². The molecule has 0 bridgehead atoms. The Labute approximate surface area is 154 Å². The Hall–Kier alpha value is -2.47. The van der Waals surface area contributed by atoms with E-state index in [1.165, 1.54) is 0 Å². The molecule has 0 heterocycles. The fourth-order valence-corrected chi connectivity index (χ4v) is 2.63. The van der Waals surface area contributed by atoms with Gasteiger partial charge in [0.25, 0.3) is 0 Å². The molecule has 5 nitrogen and oxygen atoms in total. The van der Waals surface area contributed by atoms with E-state index in [9.17, 15) is 14.4 Å². The fourth-order valence-electron chi connectivity index (χ4n) is 2.12. The molecule has 0 aliphatic rings. The number of methoxy groups -OCH3 is 1. The van der Waals surface area contributed by atoms with Gasteiger partial charge >= 0.3 is 5.97 Å². The molecule has 0 saturated carbocycles. The monoisotopic (exact) mass is 404 g/mol. The lowest BCUT2D eigenvalue weighted by molar-refractivity contribution is -0.142. The number of benzene rings is 2. The van der Waals surface area contributed by atoms with Gasteiger partial charge < -0.3 is 9.47 Å². The summed E-state index contributed by atoms with van der Waals surface area (Å²) in [6, 6.07) is 13.6. The number of carbonyl (C=O) groups excluding carboxylic acids is 3. The van der Waals surface area contributed by atoms with Crippen LogP contribution in [0.1, 0.15) is 33.6 Å². The number of rotatable bonds is 8. The minimum Gasteiger partial charge on any atom is -0.497 e. The Morgan fingerprint density at radius 2 is 1.60 bits per heavy atom. The molecular formula is C19H17BrO5. The van der Waals surface area contributed by atoms with Crippen molar-refractivity contribution >= 4 is 33.5 Å². The smallest absolute Gasteiger partial charge is 0.306 e. The zero-order valence-corrected chi connectivity index (χ0v) is 15.2. The quantitative estimate of drug-likeness (QED) is 0.493. The number of hydrogen-bond donors (Lipinski definition) is 0. The van der Waals surface area contributed by atoms with Gasteiger partial charge in [-0.2, -0.15) is 0 Å². The van der Waals surface area contributed by atoms with Crippen LogP contribution >= 0.6 is 15.9 Å². The van der Waals surface area contributed by atoms with Crippen LogP contribution in [0.5, 0.6) is 5.75 Å². The SMILES string of the molecule is COc1ccc(C(=O)CCC(=O)OCC(=O)c2ccccc2Br)cc1. The summed E-state index contributed by atoms with van der Waals surface area (Å²) < 4.78 is 10.6. The van der Waals surface area contributed by atoms with Crippen molar-refractivity contribution in [2.45, 2.75) is 12.8 Å². The van der Waals surface area contributed by atoms with Crippen LogP contribution in [0.3, 0.4) is 0 Å². The van der Waals surface area contributed by atoms with E-state index in [1.54, 1.807) is 55.6 Å². The molecule has 0 saturated heterocycles.